The van der Waals surface area contributed by atoms with Gasteiger partial charge < -0.3 is 15.5 Å². The normalized spacial score (nSPS) is 30.7. The summed E-state index contributed by atoms with van der Waals surface area (Å²) in [7, 11) is -2.86. The molecule has 3 heterocycles. The summed E-state index contributed by atoms with van der Waals surface area (Å²) in [6.07, 6.45) is 4.08. The maximum absolute atomic E-state index is 12.2. The molecule has 0 aromatic heterocycles. The van der Waals surface area contributed by atoms with E-state index in [2.05, 4.69) is 10.6 Å². The number of urea groups is 1. The number of piperidine rings is 1. The van der Waals surface area contributed by atoms with Gasteiger partial charge in [0.1, 0.15) is 0 Å². The zero-order valence-corrected chi connectivity index (χ0v) is 13.3. The first-order valence-electron chi connectivity index (χ1n) is 7.92. The van der Waals surface area contributed by atoms with Crippen LogP contribution in [0.5, 0.6) is 0 Å². The van der Waals surface area contributed by atoms with E-state index in [9.17, 15) is 13.2 Å². The number of rotatable bonds is 2. The molecule has 2 amide bonds. The number of nitrogens with zero attached hydrogens (tertiary/aromatic N) is 1. The maximum Gasteiger partial charge on any atom is 0.317 e. The SMILES string of the molecule is O=C(NC[C@H]1CCS(=O)(=O)C1)N1CCC2(CCNCC2)C1. The first kappa shape index (κ1) is 15.1. The quantitative estimate of drug-likeness (QED) is 0.763. The van der Waals surface area contributed by atoms with Gasteiger partial charge in [-0.3, -0.25) is 0 Å². The monoisotopic (exact) mass is 315 g/mol. The smallest absolute Gasteiger partial charge is 0.317 e. The van der Waals surface area contributed by atoms with Crippen LogP contribution in [0, 0.1) is 11.3 Å². The van der Waals surface area contributed by atoms with Gasteiger partial charge in [-0.1, -0.05) is 0 Å². The molecule has 21 heavy (non-hydrogen) atoms. The minimum atomic E-state index is -2.86. The van der Waals surface area contributed by atoms with Crippen molar-refractivity contribution in [3.05, 3.63) is 0 Å². The molecule has 0 aromatic carbocycles. The zero-order chi connectivity index (χ0) is 14.9. The molecule has 0 aliphatic carbocycles. The number of likely N-dealkylation sites (tertiary alicyclic amines) is 1. The van der Waals surface area contributed by atoms with E-state index in [1.165, 1.54) is 0 Å². The van der Waals surface area contributed by atoms with Crippen molar-refractivity contribution in [2.75, 3.05) is 44.2 Å². The molecule has 120 valence electrons. The Morgan fingerprint density at radius 3 is 2.71 bits per heavy atom. The van der Waals surface area contributed by atoms with Gasteiger partial charge in [-0.05, 0) is 50.1 Å². The highest BCUT2D eigenvalue weighted by Crippen LogP contribution is 2.38. The van der Waals surface area contributed by atoms with Crippen LogP contribution in [-0.2, 0) is 9.84 Å². The van der Waals surface area contributed by atoms with Gasteiger partial charge in [-0.2, -0.15) is 0 Å². The Labute approximate surface area is 126 Å². The largest absolute Gasteiger partial charge is 0.338 e. The molecule has 7 heteroatoms. The Bertz CT molecular complexity index is 500. The summed E-state index contributed by atoms with van der Waals surface area (Å²) in [5.74, 6) is 0.588. The summed E-state index contributed by atoms with van der Waals surface area (Å²) in [4.78, 5) is 14.2. The van der Waals surface area contributed by atoms with Crippen molar-refractivity contribution >= 4 is 15.9 Å². The van der Waals surface area contributed by atoms with Gasteiger partial charge in [0.05, 0.1) is 11.5 Å². The second-order valence-corrected chi connectivity index (χ2v) is 9.11. The van der Waals surface area contributed by atoms with E-state index in [-0.39, 0.29) is 23.5 Å². The van der Waals surface area contributed by atoms with Crippen LogP contribution in [0.2, 0.25) is 0 Å². The molecule has 1 atom stereocenters. The zero-order valence-electron chi connectivity index (χ0n) is 12.4. The van der Waals surface area contributed by atoms with E-state index in [1.807, 2.05) is 4.90 Å². The third-order valence-electron chi connectivity index (χ3n) is 5.26. The Morgan fingerprint density at radius 2 is 2.05 bits per heavy atom. The van der Waals surface area contributed by atoms with Crippen molar-refractivity contribution in [2.24, 2.45) is 11.3 Å². The maximum atomic E-state index is 12.2. The van der Waals surface area contributed by atoms with Crippen molar-refractivity contribution in [1.29, 1.82) is 0 Å². The number of carbonyl (C=O) groups excluding carboxylic acids is 1. The summed E-state index contributed by atoms with van der Waals surface area (Å²) in [6, 6.07) is -0.0188. The summed E-state index contributed by atoms with van der Waals surface area (Å²) in [5, 5.41) is 6.31. The fourth-order valence-electron chi connectivity index (χ4n) is 3.85. The number of hydrogen-bond donors (Lipinski definition) is 2. The van der Waals surface area contributed by atoms with Crippen LogP contribution >= 0.6 is 0 Å². The third kappa shape index (κ3) is 3.51. The van der Waals surface area contributed by atoms with Gasteiger partial charge in [0.2, 0.25) is 0 Å². The molecule has 2 N–H and O–H groups in total. The Balaban J connectivity index is 1.46. The van der Waals surface area contributed by atoms with E-state index >= 15 is 0 Å². The van der Waals surface area contributed by atoms with Crippen LogP contribution in [-0.4, -0.2) is 63.6 Å². The lowest BCUT2D eigenvalue weighted by molar-refractivity contribution is 0.182. The summed E-state index contributed by atoms with van der Waals surface area (Å²) in [5.41, 5.74) is 0.319. The highest BCUT2D eigenvalue weighted by Gasteiger charge is 2.40. The highest BCUT2D eigenvalue weighted by atomic mass is 32.2. The van der Waals surface area contributed by atoms with Gasteiger partial charge in [0, 0.05) is 19.6 Å². The van der Waals surface area contributed by atoms with E-state index in [0.717, 1.165) is 45.4 Å². The van der Waals surface area contributed by atoms with Crippen molar-refractivity contribution in [2.45, 2.75) is 25.7 Å². The summed E-state index contributed by atoms with van der Waals surface area (Å²) >= 11 is 0. The Hall–Kier alpha value is -0.820. The number of carbonyl (C=O) groups is 1. The Morgan fingerprint density at radius 1 is 1.29 bits per heavy atom. The number of amides is 2. The van der Waals surface area contributed by atoms with Crippen molar-refractivity contribution in [3.8, 4) is 0 Å². The molecule has 0 radical (unpaired) electrons. The molecule has 0 bridgehead atoms. The summed E-state index contributed by atoms with van der Waals surface area (Å²) in [6.45, 7) is 4.27. The van der Waals surface area contributed by atoms with E-state index in [1.54, 1.807) is 0 Å². The lowest BCUT2D eigenvalue weighted by Crippen LogP contribution is -2.43. The minimum absolute atomic E-state index is 0.0188. The average Bonchev–Trinajstić information content (AvgIpc) is 3.01. The van der Waals surface area contributed by atoms with Crippen LogP contribution in [0.15, 0.2) is 0 Å². The van der Waals surface area contributed by atoms with Gasteiger partial charge in [-0.15, -0.1) is 0 Å². The standard InChI is InChI=1S/C14H25N3O3S/c18-13(16-9-12-1-8-21(19,20)10-12)17-7-4-14(11-17)2-5-15-6-3-14/h12,15H,1-11H2,(H,16,18)/t12-/m1/s1. The van der Waals surface area contributed by atoms with Crippen LogP contribution in [0.25, 0.3) is 0 Å². The molecule has 3 aliphatic heterocycles. The van der Waals surface area contributed by atoms with E-state index in [0.29, 0.717) is 18.4 Å². The number of hydrogen-bond acceptors (Lipinski definition) is 4. The molecule has 6 nitrogen and oxygen atoms in total. The highest BCUT2D eigenvalue weighted by molar-refractivity contribution is 7.91. The number of nitrogens with one attached hydrogen (secondary N) is 2. The molecule has 3 saturated heterocycles. The van der Waals surface area contributed by atoms with Crippen molar-refractivity contribution in [1.82, 2.24) is 15.5 Å². The Kier molecular flexibility index (Phi) is 4.14. The summed E-state index contributed by atoms with van der Waals surface area (Å²) < 4.78 is 22.8. The third-order valence-corrected chi connectivity index (χ3v) is 7.10. The molecular formula is C14H25N3O3S. The predicted octanol–water partition coefficient (Wildman–Crippen LogP) is 0.206. The minimum Gasteiger partial charge on any atom is -0.338 e. The van der Waals surface area contributed by atoms with E-state index < -0.39 is 9.84 Å². The first-order chi connectivity index (χ1) is 9.98. The first-order valence-corrected chi connectivity index (χ1v) is 9.74. The van der Waals surface area contributed by atoms with Crippen LogP contribution < -0.4 is 10.6 Å². The molecule has 0 unspecified atom stereocenters. The van der Waals surface area contributed by atoms with Crippen LogP contribution in [0.1, 0.15) is 25.7 Å². The topological polar surface area (TPSA) is 78.5 Å². The van der Waals surface area contributed by atoms with E-state index in [4.69, 9.17) is 0 Å². The second-order valence-electron chi connectivity index (χ2n) is 6.88. The molecule has 3 aliphatic rings. The molecular weight excluding hydrogens is 290 g/mol. The fourth-order valence-corrected chi connectivity index (χ4v) is 5.71. The van der Waals surface area contributed by atoms with Gasteiger partial charge in [0.25, 0.3) is 0 Å². The fraction of sp³-hybridized carbons (Fsp3) is 0.929. The molecule has 0 aromatic rings. The van der Waals surface area contributed by atoms with Crippen LogP contribution in [0.4, 0.5) is 4.79 Å². The average molecular weight is 315 g/mol. The van der Waals surface area contributed by atoms with Crippen molar-refractivity contribution < 1.29 is 13.2 Å². The van der Waals surface area contributed by atoms with Gasteiger partial charge in [-0.25, -0.2) is 13.2 Å². The van der Waals surface area contributed by atoms with Gasteiger partial charge in [0.15, 0.2) is 9.84 Å². The van der Waals surface area contributed by atoms with Gasteiger partial charge >= 0.3 is 6.03 Å². The molecule has 0 saturated carbocycles. The van der Waals surface area contributed by atoms with Crippen molar-refractivity contribution in [3.63, 3.8) is 0 Å². The lowest BCUT2D eigenvalue weighted by Gasteiger charge is -2.33. The molecule has 3 fully saturated rings. The van der Waals surface area contributed by atoms with Crippen LogP contribution in [0.3, 0.4) is 0 Å². The lowest BCUT2D eigenvalue weighted by atomic mass is 9.78. The predicted molar refractivity (Wildman–Crippen MR) is 80.9 cm³/mol. The number of sulfone groups is 1. The molecule has 1 spiro atoms. The second kappa shape index (κ2) is 5.76. The molecule has 3 rings (SSSR count).